The van der Waals surface area contributed by atoms with E-state index in [9.17, 15) is 4.79 Å². The van der Waals surface area contributed by atoms with Gasteiger partial charge in [0.2, 0.25) is 5.91 Å². The molecule has 0 aliphatic carbocycles. The molecule has 21 heavy (non-hydrogen) atoms. The monoisotopic (exact) mass is 290 g/mol. The van der Waals surface area contributed by atoms with Gasteiger partial charge in [-0.15, -0.1) is 0 Å². The Bertz CT molecular complexity index is 466. The highest BCUT2D eigenvalue weighted by Gasteiger charge is 2.25. The fourth-order valence-corrected chi connectivity index (χ4v) is 2.77. The van der Waals surface area contributed by atoms with Crippen molar-refractivity contribution in [3.05, 3.63) is 29.8 Å². The Morgan fingerprint density at radius 2 is 2.05 bits per heavy atom. The van der Waals surface area contributed by atoms with Crippen molar-refractivity contribution < 1.29 is 9.53 Å². The van der Waals surface area contributed by atoms with E-state index in [1.807, 2.05) is 26.2 Å². The van der Waals surface area contributed by atoms with Crippen molar-refractivity contribution >= 4 is 5.91 Å². The number of benzene rings is 1. The van der Waals surface area contributed by atoms with Crippen molar-refractivity contribution in [1.82, 2.24) is 9.80 Å². The van der Waals surface area contributed by atoms with Crippen LogP contribution in [0.15, 0.2) is 24.3 Å². The molecule has 0 radical (unpaired) electrons. The van der Waals surface area contributed by atoms with Crippen molar-refractivity contribution in [2.45, 2.75) is 19.8 Å². The van der Waals surface area contributed by atoms with E-state index in [0.717, 1.165) is 38.2 Å². The summed E-state index contributed by atoms with van der Waals surface area (Å²) in [6.45, 7) is 5.68. The Kier molecular flexibility index (Phi) is 5.62. The minimum absolute atomic E-state index is 0.203. The Morgan fingerprint density at radius 3 is 2.67 bits per heavy atom. The van der Waals surface area contributed by atoms with Gasteiger partial charge >= 0.3 is 0 Å². The maximum absolute atomic E-state index is 11.9. The molecule has 0 saturated carbocycles. The third-order valence-electron chi connectivity index (χ3n) is 4.04. The quantitative estimate of drug-likeness (QED) is 0.833. The molecule has 0 aromatic heterocycles. The lowest BCUT2D eigenvalue weighted by atomic mass is 9.95. The fourth-order valence-electron chi connectivity index (χ4n) is 2.77. The van der Waals surface area contributed by atoms with Gasteiger partial charge in [-0.25, -0.2) is 0 Å². The average molecular weight is 290 g/mol. The van der Waals surface area contributed by atoms with Crippen LogP contribution in [0.25, 0.3) is 0 Å². The molecule has 116 valence electrons. The highest BCUT2D eigenvalue weighted by molar-refractivity contribution is 5.78. The SMILES string of the molecule is Cc1cccc(OCCN2CCC(C(=O)N(C)C)CC2)c1. The van der Waals surface area contributed by atoms with E-state index in [0.29, 0.717) is 6.61 Å². The molecule has 1 fully saturated rings. The van der Waals surface area contributed by atoms with Crippen molar-refractivity contribution in [1.29, 1.82) is 0 Å². The van der Waals surface area contributed by atoms with Crippen LogP contribution in [-0.2, 0) is 4.79 Å². The predicted molar refractivity (Wildman–Crippen MR) is 84.5 cm³/mol. The summed E-state index contributed by atoms with van der Waals surface area (Å²) in [5.74, 6) is 1.41. The minimum Gasteiger partial charge on any atom is -0.492 e. The van der Waals surface area contributed by atoms with Crippen LogP contribution in [0.5, 0.6) is 5.75 Å². The van der Waals surface area contributed by atoms with Crippen LogP contribution in [-0.4, -0.2) is 56.0 Å². The van der Waals surface area contributed by atoms with E-state index in [1.54, 1.807) is 4.90 Å². The fraction of sp³-hybridized carbons (Fsp3) is 0.588. The summed E-state index contributed by atoms with van der Waals surface area (Å²) in [5.41, 5.74) is 1.22. The summed E-state index contributed by atoms with van der Waals surface area (Å²) >= 11 is 0. The largest absolute Gasteiger partial charge is 0.492 e. The molecule has 2 rings (SSSR count). The van der Waals surface area contributed by atoms with Crippen LogP contribution in [0.1, 0.15) is 18.4 Å². The second-order valence-electron chi connectivity index (χ2n) is 6.01. The van der Waals surface area contributed by atoms with Crippen LogP contribution < -0.4 is 4.74 Å². The number of amides is 1. The molecule has 1 heterocycles. The van der Waals surface area contributed by atoms with Gasteiger partial charge in [0.1, 0.15) is 12.4 Å². The third kappa shape index (κ3) is 4.74. The van der Waals surface area contributed by atoms with Gasteiger partial charge < -0.3 is 9.64 Å². The Hall–Kier alpha value is -1.55. The Balaban J connectivity index is 1.68. The molecular weight excluding hydrogens is 264 g/mol. The highest BCUT2D eigenvalue weighted by atomic mass is 16.5. The van der Waals surface area contributed by atoms with Gasteiger partial charge in [0.05, 0.1) is 0 Å². The zero-order valence-corrected chi connectivity index (χ0v) is 13.3. The molecule has 1 aliphatic rings. The molecule has 1 aliphatic heterocycles. The molecule has 0 atom stereocenters. The number of hydrogen-bond donors (Lipinski definition) is 0. The zero-order chi connectivity index (χ0) is 15.2. The smallest absolute Gasteiger partial charge is 0.225 e. The topological polar surface area (TPSA) is 32.8 Å². The van der Waals surface area contributed by atoms with Crippen molar-refractivity contribution in [2.75, 3.05) is 40.3 Å². The first-order valence-corrected chi connectivity index (χ1v) is 7.69. The number of rotatable bonds is 5. The standard InChI is InChI=1S/C17H26N2O2/c1-14-5-4-6-16(13-14)21-12-11-19-9-7-15(8-10-19)17(20)18(2)3/h4-6,13,15H,7-12H2,1-3H3. The van der Waals surface area contributed by atoms with E-state index in [1.165, 1.54) is 5.56 Å². The molecule has 0 bridgehead atoms. The maximum atomic E-state index is 11.9. The molecular formula is C17H26N2O2. The second-order valence-corrected chi connectivity index (χ2v) is 6.01. The van der Waals surface area contributed by atoms with Crippen LogP contribution in [0.3, 0.4) is 0 Å². The number of piperidine rings is 1. The van der Waals surface area contributed by atoms with Gasteiger partial charge in [0.25, 0.3) is 0 Å². The van der Waals surface area contributed by atoms with Crippen LogP contribution in [0.4, 0.5) is 0 Å². The molecule has 4 heteroatoms. The molecule has 0 N–H and O–H groups in total. The summed E-state index contributed by atoms with van der Waals surface area (Å²) in [7, 11) is 3.68. The van der Waals surface area contributed by atoms with Crippen molar-refractivity contribution in [2.24, 2.45) is 5.92 Å². The summed E-state index contributed by atoms with van der Waals surface area (Å²) < 4.78 is 5.79. The second kappa shape index (κ2) is 7.46. The summed E-state index contributed by atoms with van der Waals surface area (Å²) in [6, 6.07) is 8.14. The molecule has 1 amide bonds. The van der Waals surface area contributed by atoms with Crippen molar-refractivity contribution in [3.8, 4) is 5.75 Å². The third-order valence-corrected chi connectivity index (χ3v) is 4.04. The first-order valence-electron chi connectivity index (χ1n) is 7.69. The number of hydrogen-bond acceptors (Lipinski definition) is 3. The molecule has 0 unspecified atom stereocenters. The Morgan fingerprint density at radius 1 is 1.33 bits per heavy atom. The summed E-state index contributed by atoms with van der Waals surface area (Å²) in [6.07, 6.45) is 1.92. The van der Waals surface area contributed by atoms with Gasteiger partial charge in [0.15, 0.2) is 0 Å². The molecule has 1 saturated heterocycles. The summed E-state index contributed by atoms with van der Waals surface area (Å²) in [5, 5.41) is 0. The van der Waals surface area contributed by atoms with E-state index in [-0.39, 0.29) is 11.8 Å². The highest BCUT2D eigenvalue weighted by Crippen LogP contribution is 2.19. The van der Waals surface area contributed by atoms with Gasteiger partial charge in [-0.3, -0.25) is 9.69 Å². The number of nitrogens with zero attached hydrogens (tertiary/aromatic N) is 2. The molecule has 1 aromatic rings. The van der Waals surface area contributed by atoms with Crippen LogP contribution in [0, 0.1) is 12.8 Å². The average Bonchev–Trinajstić information content (AvgIpc) is 2.47. The normalized spacial score (nSPS) is 16.7. The van der Waals surface area contributed by atoms with E-state index >= 15 is 0 Å². The minimum atomic E-state index is 0.203. The summed E-state index contributed by atoms with van der Waals surface area (Å²) in [4.78, 5) is 16.0. The number of carbonyl (C=O) groups is 1. The lowest BCUT2D eigenvalue weighted by Crippen LogP contribution is -2.41. The van der Waals surface area contributed by atoms with Crippen LogP contribution in [0.2, 0.25) is 0 Å². The number of likely N-dealkylation sites (tertiary alicyclic amines) is 1. The van der Waals surface area contributed by atoms with Crippen molar-refractivity contribution in [3.63, 3.8) is 0 Å². The van der Waals surface area contributed by atoms with Gasteiger partial charge in [-0.1, -0.05) is 12.1 Å². The van der Waals surface area contributed by atoms with E-state index in [4.69, 9.17) is 4.74 Å². The van der Waals surface area contributed by atoms with Gasteiger partial charge in [0, 0.05) is 26.6 Å². The number of aryl methyl sites for hydroxylation is 1. The zero-order valence-electron chi connectivity index (χ0n) is 13.3. The first-order chi connectivity index (χ1) is 10.1. The lowest BCUT2D eigenvalue weighted by molar-refractivity contribution is -0.134. The lowest BCUT2D eigenvalue weighted by Gasteiger charge is -2.32. The molecule has 1 aromatic carbocycles. The molecule has 4 nitrogen and oxygen atoms in total. The first kappa shape index (κ1) is 15.8. The predicted octanol–water partition coefficient (Wildman–Crippen LogP) is 2.17. The van der Waals surface area contributed by atoms with E-state index < -0.39 is 0 Å². The van der Waals surface area contributed by atoms with Gasteiger partial charge in [-0.05, 0) is 50.6 Å². The van der Waals surface area contributed by atoms with E-state index in [2.05, 4.69) is 24.0 Å². The van der Waals surface area contributed by atoms with Crippen LogP contribution >= 0.6 is 0 Å². The van der Waals surface area contributed by atoms with Gasteiger partial charge in [-0.2, -0.15) is 0 Å². The molecule has 0 spiro atoms. The maximum Gasteiger partial charge on any atom is 0.225 e. The number of carbonyl (C=O) groups excluding carboxylic acids is 1. The Labute approximate surface area is 127 Å². The number of ether oxygens (including phenoxy) is 1.